The van der Waals surface area contributed by atoms with Crippen LogP contribution in [0.2, 0.25) is 0 Å². The van der Waals surface area contributed by atoms with Gasteiger partial charge in [-0.05, 0) is 178 Å². The molecule has 2 aliphatic rings. The lowest BCUT2D eigenvalue weighted by molar-refractivity contribution is 0.590. The number of anilines is 6. The normalized spacial score (nSPS) is 14.8. The minimum absolute atomic E-state index is 0.0286. The van der Waals surface area contributed by atoms with Crippen LogP contribution in [-0.4, -0.2) is 15.8 Å². The number of rotatable bonds is 8. The van der Waals surface area contributed by atoms with Crippen LogP contribution >= 0.6 is 0 Å². The highest BCUT2D eigenvalue weighted by molar-refractivity contribution is 7.00. The fourth-order valence-corrected chi connectivity index (χ4v) is 18.1. The third-order valence-corrected chi connectivity index (χ3v) is 24.1. The molecular weight excluding hydrogens is 1420 g/mol. The number of benzene rings is 15. The Morgan fingerprint density at radius 1 is 0.274 bits per heavy atom. The Hall–Kier alpha value is -12.8. The summed E-state index contributed by atoms with van der Waals surface area (Å²) in [5.74, 6) is 0. The van der Waals surface area contributed by atoms with Crippen LogP contribution in [0.4, 0.5) is 34.1 Å². The number of hydrogen-bond donors (Lipinski definition) is 0. The molecule has 0 saturated heterocycles. The largest absolute Gasteiger partial charge is 0.456 e. The molecular formula is C110H95BN4O2. The first-order chi connectivity index (χ1) is 61.3. The van der Waals surface area contributed by atoms with Gasteiger partial charge in [0.05, 0.1) is 49.9 Å². The summed E-state index contributed by atoms with van der Waals surface area (Å²) in [6.07, 6.45) is 0. The molecule has 2 aliphatic heterocycles. The third-order valence-electron chi connectivity index (χ3n) is 24.1. The first kappa shape index (κ1) is 59.8. The molecule has 0 aliphatic carbocycles. The highest BCUT2D eigenvalue weighted by Gasteiger charge is 2.47. The van der Waals surface area contributed by atoms with E-state index < -0.39 is 33.8 Å². The first-order valence-electron chi connectivity index (χ1n) is 46.7. The Kier molecular flexibility index (Phi) is 13.2. The summed E-state index contributed by atoms with van der Waals surface area (Å²) < 4.78 is 141. The molecule has 0 amide bonds. The Morgan fingerprint density at radius 2 is 0.590 bits per heavy atom. The van der Waals surface area contributed by atoms with Gasteiger partial charge in [-0.25, -0.2) is 0 Å². The zero-order chi connectivity index (χ0) is 90.7. The maximum atomic E-state index is 10.7. The van der Waals surface area contributed by atoms with E-state index in [2.05, 4.69) is 188 Å². The van der Waals surface area contributed by atoms with Crippen molar-refractivity contribution in [2.75, 3.05) is 9.80 Å². The average Bonchev–Trinajstić information content (AvgIpc) is 1.63. The van der Waals surface area contributed by atoms with Gasteiger partial charge in [0, 0.05) is 99.5 Å². The van der Waals surface area contributed by atoms with Crippen molar-refractivity contribution in [2.45, 2.75) is 131 Å². The molecule has 7 heteroatoms. The number of hydrogen-bond acceptors (Lipinski definition) is 4. The summed E-state index contributed by atoms with van der Waals surface area (Å²) in [5, 5.41) is 4.25. The SMILES string of the molecule is [2H]c1c(C(C)(C)C)c([2H])c2c(c1[2H])c1c([2H])c([2H])c(C(C)(C)C)c([2H])c1n2-c1ccc2c(c1)N(c1c(-c3ccccc3)cccc1-c1cccc3oc4ccccc4c13)c1cc(C(C)(C)C)cc3c1B2c1ccc(-n2c4c([2H])c(C(C)(C)C)c([2H])c([2H])c4c4c([2H])c([2H])c(C(C)(C)C)c([2H])c42)cc1N3c1c(-c2ccccc2)cccc1-c1cccc2oc3ccccc3c12. The van der Waals surface area contributed by atoms with Gasteiger partial charge in [-0.2, -0.15) is 0 Å². The minimum Gasteiger partial charge on any atom is -0.456 e. The molecule has 0 N–H and O–H groups in total. The Labute approximate surface area is 702 Å². The van der Waals surface area contributed by atoms with Crippen molar-refractivity contribution in [1.82, 2.24) is 9.13 Å². The van der Waals surface area contributed by atoms with E-state index in [-0.39, 0.29) is 116 Å². The lowest BCUT2D eigenvalue weighted by atomic mass is 9.33. The number of furan rings is 2. The summed E-state index contributed by atoms with van der Waals surface area (Å²) in [5.41, 5.74) is 17.3. The van der Waals surface area contributed by atoms with Gasteiger partial charge in [-0.1, -0.05) is 322 Å². The van der Waals surface area contributed by atoms with Gasteiger partial charge in [0.25, 0.3) is 6.71 Å². The molecule has 0 spiro atoms. The molecule has 0 fully saturated rings. The predicted octanol–water partition coefficient (Wildman–Crippen LogP) is 28.9. The summed E-state index contributed by atoms with van der Waals surface area (Å²) in [6.45, 7) is 29.3. The van der Waals surface area contributed by atoms with Gasteiger partial charge >= 0.3 is 0 Å². The van der Waals surface area contributed by atoms with Gasteiger partial charge in [-0.3, -0.25) is 0 Å². The molecule has 21 rings (SSSR count). The highest BCUT2D eigenvalue weighted by atomic mass is 16.3. The lowest BCUT2D eigenvalue weighted by Gasteiger charge is -2.46. The predicted molar refractivity (Wildman–Crippen MR) is 499 cm³/mol. The molecule has 19 aromatic rings. The van der Waals surface area contributed by atoms with Gasteiger partial charge < -0.3 is 27.8 Å². The fourth-order valence-electron chi connectivity index (χ4n) is 18.1. The van der Waals surface area contributed by atoms with Crippen LogP contribution in [0.25, 0.3) is 143 Å². The smallest absolute Gasteiger partial charge is 0.252 e. The van der Waals surface area contributed by atoms with E-state index in [1.807, 2.05) is 165 Å². The molecule has 6 heterocycles. The second kappa shape index (κ2) is 25.8. The second-order valence-corrected chi connectivity index (χ2v) is 37.0. The van der Waals surface area contributed by atoms with Crippen LogP contribution in [0.3, 0.4) is 0 Å². The van der Waals surface area contributed by atoms with E-state index in [4.69, 9.17) is 8.83 Å². The van der Waals surface area contributed by atoms with Crippen LogP contribution in [0.1, 0.15) is 148 Å². The van der Waals surface area contributed by atoms with Gasteiger partial charge in [0.2, 0.25) is 0 Å². The standard InChI is InChI=1S/C110H95BN4O2/c1-106(2,3)68-46-52-77-78-53-47-69(107(4,5)6)59-90(78)112(89(77)58-68)73-50-56-87-93(64-73)114(104-75(66-30-18-16-19-31-66)36-26-40-83(104)81-38-28-44-99-101(81)85-34-22-24-42-97(85)116-99)95-62-72(110(13,14)15)63-96-103(95)111(87)88-57-51-74(113-91-60-70(108(7,8)9)48-54-79(91)80-55-49-71(61-92(80)113)109(10,11)12)65-94(88)115(96)105-76(67-32-20-17-21-33-67)37-27-41-84(105)82-39-29-45-100-102(82)86-35-23-25-43-98(86)117-100/h16-65H,1-15H3/i46D,47D,48D,49D,52D,53D,54D,55D,58D,59D,60D,61D. The number of aromatic nitrogens is 2. The van der Waals surface area contributed by atoms with E-state index in [0.29, 0.717) is 56.2 Å². The van der Waals surface area contributed by atoms with Crippen molar-refractivity contribution < 1.29 is 25.3 Å². The third kappa shape index (κ3) is 11.3. The molecule has 6 nitrogen and oxygen atoms in total. The van der Waals surface area contributed by atoms with E-state index in [1.54, 1.807) is 0 Å². The van der Waals surface area contributed by atoms with Gasteiger partial charge in [0.1, 0.15) is 22.3 Å². The topological polar surface area (TPSA) is 42.6 Å². The maximum absolute atomic E-state index is 10.7. The van der Waals surface area contributed by atoms with Crippen LogP contribution < -0.4 is 26.2 Å². The summed E-state index contributed by atoms with van der Waals surface area (Å²) in [6, 6.07) is 78.7. The molecule has 117 heavy (non-hydrogen) atoms. The van der Waals surface area contributed by atoms with Crippen LogP contribution in [0, 0.1) is 0 Å². The quantitative estimate of drug-likeness (QED) is 0.142. The number of para-hydroxylation sites is 4. The molecule has 0 radical (unpaired) electrons. The molecule has 0 saturated carbocycles. The zero-order valence-electron chi connectivity index (χ0n) is 80.6. The van der Waals surface area contributed by atoms with Gasteiger partial charge in [-0.15, -0.1) is 0 Å². The van der Waals surface area contributed by atoms with Crippen molar-refractivity contribution in [3.8, 4) is 55.9 Å². The van der Waals surface area contributed by atoms with Crippen molar-refractivity contribution in [1.29, 1.82) is 0 Å². The Balaban J connectivity index is 0.990. The van der Waals surface area contributed by atoms with E-state index in [9.17, 15) is 16.4 Å². The Bertz CT molecular complexity index is 7490. The molecule has 0 atom stereocenters. The molecule has 0 bridgehead atoms. The lowest BCUT2D eigenvalue weighted by Crippen LogP contribution is -2.61. The van der Waals surface area contributed by atoms with Crippen LogP contribution in [0.5, 0.6) is 0 Å². The van der Waals surface area contributed by atoms with Crippen LogP contribution in [0.15, 0.2) is 312 Å². The minimum atomic E-state index is -0.847. The number of fused-ring (bicyclic) bond motifs is 16. The average molecular weight is 1530 g/mol. The summed E-state index contributed by atoms with van der Waals surface area (Å²) in [4.78, 5) is 4.88. The summed E-state index contributed by atoms with van der Waals surface area (Å²) in [7, 11) is 0. The van der Waals surface area contributed by atoms with E-state index >= 15 is 0 Å². The molecule has 15 aromatic carbocycles. The van der Waals surface area contributed by atoms with Crippen molar-refractivity contribution in [3.05, 3.63) is 331 Å². The highest BCUT2D eigenvalue weighted by Crippen LogP contribution is 2.57. The van der Waals surface area contributed by atoms with E-state index in [1.165, 1.54) is 0 Å². The van der Waals surface area contributed by atoms with Crippen LogP contribution in [-0.2, 0) is 27.1 Å². The molecule has 4 aromatic heterocycles. The second-order valence-electron chi connectivity index (χ2n) is 37.0. The molecule has 0 unspecified atom stereocenters. The maximum Gasteiger partial charge on any atom is 0.252 e. The van der Waals surface area contributed by atoms with Gasteiger partial charge in [0.15, 0.2) is 0 Å². The fraction of sp³-hybridized carbons (Fsp3) is 0.182. The summed E-state index contributed by atoms with van der Waals surface area (Å²) >= 11 is 0. The monoisotopic (exact) mass is 1530 g/mol. The van der Waals surface area contributed by atoms with Crippen molar-refractivity contribution in [3.63, 3.8) is 0 Å². The van der Waals surface area contributed by atoms with Crippen molar-refractivity contribution in [2.24, 2.45) is 0 Å². The van der Waals surface area contributed by atoms with E-state index in [0.717, 1.165) is 122 Å². The zero-order valence-corrected chi connectivity index (χ0v) is 68.6. The number of nitrogens with zero attached hydrogens (tertiary/aromatic N) is 4. The Morgan fingerprint density at radius 3 is 0.949 bits per heavy atom. The first-order valence-corrected chi connectivity index (χ1v) is 40.7. The van der Waals surface area contributed by atoms with Crippen molar-refractivity contribution >= 4 is 145 Å². The molecule has 570 valence electrons.